The first-order valence-corrected chi connectivity index (χ1v) is 6.84. The van der Waals surface area contributed by atoms with E-state index in [2.05, 4.69) is 33.0 Å². The van der Waals surface area contributed by atoms with E-state index in [1.807, 2.05) is 48.5 Å². The molecule has 1 aromatic heterocycles. The number of ether oxygens (including phenoxy) is 1. The van der Waals surface area contributed by atoms with Crippen LogP contribution in [0.25, 0.3) is 10.9 Å². The van der Waals surface area contributed by atoms with Gasteiger partial charge in [-0.15, -0.1) is 0 Å². The molecule has 0 aliphatic carbocycles. The zero-order valence-electron chi connectivity index (χ0n) is 10.2. The predicted octanol–water partition coefficient (Wildman–Crippen LogP) is 4.58. The van der Waals surface area contributed by atoms with Gasteiger partial charge < -0.3 is 4.74 Å². The number of fused-ring (bicyclic) bond motifs is 1. The highest BCUT2D eigenvalue weighted by atomic mass is 79.9. The van der Waals surface area contributed by atoms with Gasteiger partial charge >= 0.3 is 0 Å². The number of benzene rings is 2. The summed E-state index contributed by atoms with van der Waals surface area (Å²) in [4.78, 5) is 4.43. The third-order valence-electron chi connectivity index (χ3n) is 2.90. The molecule has 0 radical (unpaired) electrons. The summed E-state index contributed by atoms with van der Waals surface area (Å²) in [5, 5.41) is 1.03. The highest BCUT2D eigenvalue weighted by Crippen LogP contribution is 2.26. The van der Waals surface area contributed by atoms with Crippen molar-refractivity contribution in [2.45, 2.75) is 6.61 Å². The van der Waals surface area contributed by atoms with Gasteiger partial charge in [-0.2, -0.15) is 0 Å². The van der Waals surface area contributed by atoms with E-state index >= 15 is 0 Å². The summed E-state index contributed by atoms with van der Waals surface area (Å²) in [6, 6.07) is 20.0. The number of aromatic nitrogens is 1. The fraction of sp³-hybridized carbons (Fsp3) is 0.0625. The van der Waals surface area contributed by atoms with Crippen LogP contribution in [0, 0.1) is 0 Å². The molecular formula is C16H12BrNO. The summed E-state index contributed by atoms with van der Waals surface area (Å²) in [7, 11) is 0. The molecule has 0 amide bonds. The van der Waals surface area contributed by atoms with E-state index in [0.717, 1.165) is 26.8 Å². The van der Waals surface area contributed by atoms with E-state index in [0.29, 0.717) is 6.61 Å². The predicted molar refractivity (Wildman–Crippen MR) is 80.2 cm³/mol. The van der Waals surface area contributed by atoms with E-state index < -0.39 is 0 Å². The van der Waals surface area contributed by atoms with Crippen LogP contribution in [-0.2, 0) is 6.61 Å². The smallest absolute Gasteiger partial charge is 0.129 e. The topological polar surface area (TPSA) is 22.1 Å². The molecule has 2 aromatic carbocycles. The van der Waals surface area contributed by atoms with Crippen molar-refractivity contribution >= 4 is 26.8 Å². The fourth-order valence-corrected chi connectivity index (χ4v) is 2.29. The maximum absolute atomic E-state index is 5.89. The molecule has 3 heteroatoms. The Morgan fingerprint density at radius 1 is 0.895 bits per heavy atom. The maximum atomic E-state index is 5.89. The van der Waals surface area contributed by atoms with Crippen LogP contribution in [0.3, 0.4) is 0 Å². The lowest BCUT2D eigenvalue weighted by Crippen LogP contribution is -1.96. The van der Waals surface area contributed by atoms with Crippen LogP contribution in [0.5, 0.6) is 5.75 Å². The number of nitrogens with zero attached hydrogens (tertiary/aromatic N) is 1. The van der Waals surface area contributed by atoms with Crippen LogP contribution in [0.15, 0.2) is 65.3 Å². The summed E-state index contributed by atoms with van der Waals surface area (Å²) < 4.78 is 6.72. The molecule has 0 bridgehead atoms. The van der Waals surface area contributed by atoms with Gasteiger partial charge in [0.1, 0.15) is 17.0 Å². The van der Waals surface area contributed by atoms with Crippen molar-refractivity contribution in [1.82, 2.24) is 4.98 Å². The van der Waals surface area contributed by atoms with Gasteiger partial charge in [-0.05, 0) is 45.8 Å². The van der Waals surface area contributed by atoms with E-state index in [1.165, 1.54) is 0 Å². The third kappa shape index (κ3) is 2.76. The second kappa shape index (κ2) is 5.41. The highest BCUT2D eigenvalue weighted by molar-refractivity contribution is 9.10. The highest BCUT2D eigenvalue weighted by Gasteiger charge is 2.03. The molecule has 0 saturated heterocycles. The van der Waals surface area contributed by atoms with Crippen molar-refractivity contribution in [2.75, 3.05) is 0 Å². The van der Waals surface area contributed by atoms with Crippen LogP contribution in [-0.4, -0.2) is 4.98 Å². The van der Waals surface area contributed by atoms with Gasteiger partial charge in [0.2, 0.25) is 0 Å². The summed E-state index contributed by atoms with van der Waals surface area (Å²) in [5.74, 6) is 0.862. The summed E-state index contributed by atoms with van der Waals surface area (Å²) in [6.07, 6.45) is 0. The van der Waals surface area contributed by atoms with E-state index in [9.17, 15) is 0 Å². The molecule has 2 nitrogen and oxygen atoms in total. The molecular weight excluding hydrogens is 302 g/mol. The Hall–Kier alpha value is -1.87. The number of pyridine rings is 1. The van der Waals surface area contributed by atoms with Crippen LogP contribution < -0.4 is 4.74 Å². The van der Waals surface area contributed by atoms with E-state index in [1.54, 1.807) is 0 Å². The summed E-state index contributed by atoms with van der Waals surface area (Å²) in [6.45, 7) is 0.565. The van der Waals surface area contributed by atoms with Crippen LogP contribution in [0.1, 0.15) is 5.56 Å². The Bertz CT molecular complexity index is 697. The average Bonchev–Trinajstić information content (AvgIpc) is 2.45. The Morgan fingerprint density at radius 3 is 2.58 bits per heavy atom. The molecule has 0 fully saturated rings. The number of hydrogen-bond donors (Lipinski definition) is 0. The van der Waals surface area contributed by atoms with Gasteiger partial charge in [0.15, 0.2) is 0 Å². The maximum Gasteiger partial charge on any atom is 0.129 e. The lowest BCUT2D eigenvalue weighted by Gasteiger charge is -2.09. The van der Waals surface area contributed by atoms with Gasteiger partial charge in [-0.25, -0.2) is 4.98 Å². The van der Waals surface area contributed by atoms with E-state index in [-0.39, 0.29) is 0 Å². The minimum atomic E-state index is 0.565. The van der Waals surface area contributed by atoms with Gasteiger partial charge in [0.25, 0.3) is 0 Å². The first-order valence-electron chi connectivity index (χ1n) is 6.05. The zero-order chi connectivity index (χ0) is 13.1. The van der Waals surface area contributed by atoms with E-state index in [4.69, 9.17) is 4.74 Å². The minimum Gasteiger partial charge on any atom is -0.488 e. The minimum absolute atomic E-state index is 0.565. The van der Waals surface area contributed by atoms with Gasteiger partial charge in [-0.1, -0.05) is 36.4 Å². The van der Waals surface area contributed by atoms with Crippen molar-refractivity contribution in [3.05, 3.63) is 70.8 Å². The average molecular weight is 314 g/mol. The second-order valence-corrected chi connectivity index (χ2v) is 5.04. The molecule has 0 unspecified atom stereocenters. The number of halogens is 1. The van der Waals surface area contributed by atoms with Crippen LogP contribution in [0.4, 0.5) is 0 Å². The molecule has 0 atom stereocenters. The number of hydrogen-bond acceptors (Lipinski definition) is 2. The van der Waals surface area contributed by atoms with Gasteiger partial charge in [-0.3, -0.25) is 0 Å². The summed E-state index contributed by atoms with van der Waals surface area (Å²) in [5.41, 5.74) is 2.09. The van der Waals surface area contributed by atoms with Gasteiger partial charge in [0.05, 0.1) is 5.52 Å². The van der Waals surface area contributed by atoms with Gasteiger partial charge in [0, 0.05) is 5.39 Å². The lowest BCUT2D eigenvalue weighted by molar-refractivity contribution is 0.310. The Balaban J connectivity index is 1.89. The standard InChI is InChI=1S/C16H12BrNO/c17-16-10-9-13-14(18-16)7-4-8-15(13)19-11-12-5-2-1-3-6-12/h1-10H,11H2. The molecule has 3 aromatic rings. The quantitative estimate of drug-likeness (QED) is 0.660. The normalized spacial score (nSPS) is 10.6. The van der Waals surface area contributed by atoms with Crippen LogP contribution >= 0.6 is 15.9 Å². The SMILES string of the molecule is Brc1ccc2c(OCc3ccccc3)cccc2n1. The summed E-state index contributed by atoms with van der Waals surface area (Å²) >= 11 is 3.38. The lowest BCUT2D eigenvalue weighted by atomic mass is 10.2. The Labute approximate surface area is 120 Å². The van der Waals surface area contributed by atoms with Crippen molar-refractivity contribution in [2.24, 2.45) is 0 Å². The Kier molecular flexibility index (Phi) is 3.47. The molecule has 0 spiro atoms. The molecule has 1 heterocycles. The van der Waals surface area contributed by atoms with Crippen molar-refractivity contribution < 1.29 is 4.74 Å². The first kappa shape index (κ1) is 12.2. The number of rotatable bonds is 3. The zero-order valence-corrected chi connectivity index (χ0v) is 11.8. The monoisotopic (exact) mass is 313 g/mol. The molecule has 94 valence electrons. The fourth-order valence-electron chi connectivity index (χ4n) is 1.96. The molecule has 0 aliphatic rings. The van der Waals surface area contributed by atoms with Crippen molar-refractivity contribution in [1.29, 1.82) is 0 Å². The molecule has 0 N–H and O–H groups in total. The molecule has 0 saturated carbocycles. The second-order valence-electron chi connectivity index (χ2n) is 4.23. The molecule has 3 rings (SSSR count). The van der Waals surface area contributed by atoms with Crippen molar-refractivity contribution in [3.63, 3.8) is 0 Å². The first-order chi connectivity index (χ1) is 9.33. The third-order valence-corrected chi connectivity index (χ3v) is 3.34. The van der Waals surface area contributed by atoms with Crippen LogP contribution in [0.2, 0.25) is 0 Å². The van der Waals surface area contributed by atoms with Crippen molar-refractivity contribution in [3.8, 4) is 5.75 Å². The largest absolute Gasteiger partial charge is 0.488 e. The molecule has 0 aliphatic heterocycles. The Morgan fingerprint density at radius 2 is 1.74 bits per heavy atom. The molecule has 19 heavy (non-hydrogen) atoms.